The van der Waals surface area contributed by atoms with Gasteiger partial charge in [-0.1, -0.05) is 19.1 Å². The molecule has 3 rings (SSSR count). The van der Waals surface area contributed by atoms with Crippen LogP contribution in [0.4, 0.5) is 0 Å². The molecular weight excluding hydrogens is 426 g/mol. The molecule has 0 bridgehead atoms. The summed E-state index contributed by atoms with van der Waals surface area (Å²) in [6.45, 7) is 6.41. The molecule has 0 amide bonds. The molecule has 1 aromatic rings. The Morgan fingerprint density at radius 1 is 1.12 bits per heavy atom. The molecule has 0 radical (unpaired) electrons. The van der Waals surface area contributed by atoms with E-state index < -0.39 is 23.8 Å². The van der Waals surface area contributed by atoms with Crippen molar-refractivity contribution < 1.29 is 33.3 Å². The Morgan fingerprint density at radius 3 is 2.42 bits per heavy atom. The highest BCUT2D eigenvalue weighted by atomic mass is 16.6. The lowest BCUT2D eigenvalue weighted by Crippen LogP contribution is -2.43. The van der Waals surface area contributed by atoms with E-state index >= 15 is 0 Å². The summed E-state index contributed by atoms with van der Waals surface area (Å²) in [5, 5.41) is 3.24. The van der Waals surface area contributed by atoms with E-state index in [1.807, 2.05) is 26.0 Å². The van der Waals surface area contributed by atoms with Crippen molar-refractivity contribution in [1.82, 2.24) is 5.32 Å². The smallest absolute Gasteiger partial charge is 0.336 e. The summed E-state index contributed by atoms with van der Waals surface area (Å²) in [7, 11) is 2.84. The number of dihydropyridines is 1. The first kappa shape index (κ1) is 24.5. The quantitative estimate of drug-likeness (QED) is 0.361. The molecule has 178 valence electrons. The fourth-order valence-corrected chi connectivity index (χ4v) is 4.50. The molecule has 0 aromatic heterocycles. The molecule has 3 unspecified atom stereocenters. The number of allylic oxidation sites excluding steroid dienone is 3. The third kappa shape index (κ3) is 4.95. The zero-order valence-corrected chi connectivity index (χ0v) is 19.7. The van der Waals surface area contributed by atoms with Gasteiger partial charge in [-0.15, -0.1) is 0 Å². The lowest BCUT2D eigenvalue weighted by atomic mass is 9.69. The monoisotopic (exact) mass is 457 g/mol. The van der Waals surface area contributed by atoms with Crippen LogP contribution in [0.2, 0.25) is 0 Å². The second kappa shape index (κ2) is 10.7. The van der Waals surface area contributed by atoms with Crippen molar-refractivity contribution in [2.75, 3.05) is 34.0 Å². The van der Waals surface area contributed by atoms with E-state index in [2.05, 4.69) is 5.32 Å². The number of hydrogen-bond acceptors (Lipinski definition) is 8. The highest BCUT2D eigenvalue weighted by Crippen LogP contribution is 2.45. The van der Waals surface area contributed by atoms with Crippen molar-refractivity contribution in [2.24, 2.45) is 11.8 Å². The van der Waals surface area contributed by atoms with E-state index in [-0.39, 0.29) is 24.9 Å². The van der Waals surface area contributed by atoms with Crippen molar-refractivity contribution in [2.45, 2.75) is 33.1 Å². The van der Waals surface area contributed by atoms with Crippen molar-refractivity contribution in [3.63, 3.8) is 0 Å². The first-order valence-electron chi connectivity index (χ1n) is 11.1. The molecule has 1 N–H and O–H groups in total. The number of esters is 2. The van der Waals surface area contributed by atoms with E-state index in [1.165, 1.54) is 7.11 Å². The van der Waals surface area contributed by atoms with Crippen molar-refractivity contribution in [3.8, 4) is 5.75 Å². The fourth-order valence-electron chi connectivity index (χ4n) is 4.50. The van der Waals surface area contributed by atoms with Gasteiger partial charge in [-0.05, 0) is 43.9 Å². The molecule has 33 heavy (non-hydrogen) atoms. The number of carbonyl (C=O) groups excluding carboxylic acids is 3. The Hall–Kier alpha value is -3.13. The number of carbonyl (C=O) groups is 3. The molecule has 0 fully saturated rings. The minimum absolute atomic E-state index is 0.0977. The number of rotatable bonds is 8. The first-order valence-corrected chi connectivity index (χ1v) is 11.1. The average molecular weight is 458 g/mol. The van der Waals surface area contributed by atoms with Crippen LogP contribution in [0.5, 0.6) is 5.75 Å². The summed E-state index contributed by atoms with van der Waals surface area (Å²) in [6, 6.07) is 7.19. The van der Waals surface area contributed by atoms with Crippen molar-refractivity contribution >= 4 is 17.7 Å². The zero-order chi connectivity index (χ0) is 24.1. The molecule has 0 spiro atoms. The topological polar surface area (TPSA) is 100 Å². The van der Waals surface area contributed by atoms with Gasteiger partial charge in [-0.25, -0.2) is 4.79 Å². The van der Waals surface area contributed by atoms with E-state index in [9.17, 15) is 14.4 Å². The second-order valence-electron chi connectivity index (χ2n) is 8.14. The van der Waals surface area contributed by atoms with Crippen LogP contribution in [0.15, 0.2) is 46.8 Å². The predicted molar refractivity (Wildman–Crippen MR) is 120 cm³/mol. The van der Waals surface area contributed by atoms with Gasteiger partial charge >= 0.3 is 11.9 Å². The van der Waals surface area contributed by atoms with E-state index in [0.717, 1.165) is 11.3 Å². The highest BCUT2D eigenvalue weighted by molar-refractivity contribution is 6.12. The summed E-state index contributed by atoms with van der Waals surface area (Å²) in [5.74, 6) is -2.63. The zero-order valence-electron chi connectivity index (χ0n) is 19.7. The second-order valence-corrected chi connectivity index (χ2v) is 8.14. The first-order chi connectivity index (χ1) is 15.8. The van der Waals surface area contributed by atoms with Gasteiger partial charge in [0, 0.05) is 29.5 Å². The number of Topliss-reactive ketones (excluding diaryl/α,β-unsaturated/α-hetero) is 1. The Labute approximate surface area is 193 Å². The minimum atomic E-state index is -0.926. The van der Waals surface area contributed by atoms with Gasteiger partial charge in [0.15, 0.2) is 5.78 Å². The number of methoxy groups -OCH3 is 2. The lowest BCUT2D eigenvalue weighted by molar-refractivity contribution is -0.151. The van der Waals surface area contributed by atoms with Crippen LogP contribution in [0.25, 0.3) is 0 Å². The number of benzene rings is 1. The maximum atomic E-state index is 13.6. The van der Waals surface area contributed by atoms with Gasteiger partial charge in [0.05, 0.1) is 26.4 Å². The Kier molecular flexibility index (Phi) is 7.92. The van der Waals surface area contributed by atoms with Gasteiger partial charge in [0.2, 0.25) is 0 Å². The molecule has 0 saturated carbocycles. The minimum Gasteiger partial charge on any atom is -0.497 e. The molecule has 8 nitrogen and oxygen atoms in total. The molecule has 1 heterocycles. The van der Waals surface area contributed by atoms with Crippen LogP contribution in [-0.2, 0) is 28.6 Å². The summed E-state index contributed by atoms with van der Waals surface area (Å²) in [4.78, 5) is 39.3. The van der Waals surface area contributed by atoms with Gasteiger partial charge in [0.1, 0.15) is 18.3 Å². The summed E-state index contributed by atoms with van der Waals surface area (Å²) < 4.78 is 20.9. The average Bonchev–Trinajstić information content (AvgIpc) is 2.80. The molecule has 8 heteroatoms. The molecule has 2 aliphatic rings. The van der Waals surface area contributed by atoms with Crippen LogP contribution in [0.1, 0.15) is 38.7 Å². The Bertz CT molecular complexity index is 977. The summed E-state index contributed by atoms with van der Waals surface area (Å²) in [5.41, 5.74) is 2.80. The van der Waals surface area contributed by atoms with Crippen molar-refractivity contribution in [3.05, 3.63) is 52.4 Å². The third-order valence-electron chi connectivity index (χ3n) is 6.08. The Balaban J connectivity index is 2.06. The van der Waals surface area contributed by atoms with E-state index in [0.29, 0.717) is 35.6 Å². The number of hydrogen-bond donors (Lipinski definition) is 1. The maximum Gasteiger partial charge on any atom is 0.336 e. The number of nitrogens with one attached hydrogen (secondary N) is 1. The van der Waals surface area contributed by atoms with Crippen LogP contribution in [0.3, 0.4) is 0 Å². The fraction of sp³-hybridized carbons (Fsp3) is 0.480. The normalized spacial score (nSPS) is 22.5. The molecule has 1 aliphatic carbocycles. The third-order valence-corrected chi connectivity index (χ3v) is 6.08. The summed E-state index contributed by atoms with van der Waals surface area (Å²) >= 11 is 0. The van der Waals surface area contributed by atoms with Crippen molar-refractivity contribution in [1.29, 1.82) is 0 Å². The molecular formula is C25H31NO7. The van der Waals surface area contributed by atoms with Gasteiger partial charge in [0.25, 0.3) is 0 Å². The summed E-state index contributed by atoms with van der Waals surface area (Å²) in [6.07, 6.45) is 0.484. The van der Waals surface area contributed by atoms with Gasteiger partial charge < -0.3 is 24.3 Å². The van der Waals surface area contributed by atoms with E-state index in [4.69, 9.17) is 18.9 Å². The van der Waals surface area contributed by atoms with Crippen LogP contribution < -0.4 is 10.1 Å². The van der Waals surface area contributed by atoms with Crippen LogP contribution in [-0.4, -0.2) is 51.8 Å². The SMILES string of the molecule is CCOCCOC(=O)C1=C(C)NC2=C(C(=O)C(C(=O)OC)C(C)C2)C1c1ccc(OC)cc1. The maximum absolute atomic E-state index is 13.6. The van der Waals surface area contributed by atoms with Crippen LogP contribution >= 0.6 is 0 Å². The Morgan fingerprint density at radius 2 is 1.82 bits per heavy atom. The largest absolute Gasteiger partial charge is 0.497 e. The molecule has 1 aromatic carbocycles. The number of ketones is 1. The lowest BCUT2D eigenvalue weighted by Gasteiger charge is -2.38. The standard InChI is InChI=1S/C25H31NO7/c1-6-32-11-12-33-25(29)20-15(3)26-18-13-14(2)19(24(28)31-5)23(27)22(18)21(20)16-7-9-17(30-4)10-8-16/h7-10,14,19,21,26H,6,11-13H2,1-5H3. The number of ether oxygens (including phenoxy) is 4. The predicted octanol–water partition coefficient (Wildman–Crippen LogP) is 2.89. The van der Waals surface area contributed by atoms with E-state index in [1.54, 1.807) is 26.2 Å². The highest BCUT2D eigenvalue weighted by Gasteiger charge is 2.47. The molecule has 0 saturated heterocycles. The molecule has 3 atom stereocenters. The molecule has 1 aliphatic heterocycles. The van der Waals surface area contributed by atoms with Crippen LogP contribution in [0, 0.1) is 11.8 Å². The van der Waals surface area contributed by atoms with Gasteiger partial charge in [-0.2, -0.15) is 0 Å². The van der Waals surface area contributed by atoms with Gasteiger partial charge in [-0.3, -0.25) is 9.59 Å².